The van der Waals surface area contributed by atoms with Crippen LogP contribution in [0.5, 0.6) is 11.5 Å². The van der Waals surface area contributed by atoms with Crippen LogP contribution in [0.15, 0.2) is 40.9 Å². The predicted octanol–water partition coefficient (Wildman–Crippen LogP) is 0.191. The molecular weight excluding hydrogens is 423 g/mol. The highest BCUT2D eigenvalue weighted by Crippen LogP contribution is 2.31. The first-order chi connectivity index (χ1) is 9.00. The van der Waals surface area contributed by atoms with Gasteiger partial charge in [-0.25, -0.2) is 0 Å². The lowest BCUT2D eigenvalue weighted by Crippen LogP contribution is -3.61. The molecule has 2 aromatic rings. The van der Waals surface area contributed by atoms with Crippen LogP contribution < -0.4 is 21.2 Å². The number of benzene rings is 2. The van der Waals surface area contributed by atoms with Crippen LogP contribution in [0.4, 0.5) is 0 Å². The van der Waals surface area contributed by atoms with Gasteiger partial charge in [0.2, 0.25) is 0 Å². The summed E-state index contributed by atoms with van der Waals surface area (Å²) in [7, 11) is 0. The Morgan fingerprint density at radius 1 is 1.16 bits per heavy atom. The molecule has 5 heteroatoms. The van der Waals surface area contributed by atoms with Crippen molar-refractivity contribution in [3.05, 3.63) is 53.6 Å². The highest BCUT2D eigenvalue weighted by Gasteiger charge is 2.30. The number of aromatic hydroxyl groups is 2. The summed E-state index contributed by atoms with van der Waals surface area (Å²) in [6.07, 6.45) is 0. The molecule has 0 unspecified atom stereocenters. The summed E-state index contributed by atoms with van der Waals surface area (Å²) in [5.74, 6) is -0.319. The maximum atomic E-state index is 11.5. The average molecular weight is 434 g/mol. The fraction of sp³-hybridized carbons (Fsp3) is 0.0714. The van der Waals surface area contributed by atoms with E-state index in [1.807, 2.05) is 30.3 Å². The first-order valence-electron chi connectivity index (χ1n) is 5.46. The maximum absolute atomic E-state index is 11.5. The Labute approximate surface area is 129 Å². The molecule has 0 atom stereocenters. The monoisotopic (exact) mass is 433 g/mol. The lowest BCUT2D eigenvalue weighted by atomic mass is 10.1. The van der Waals surface area contributed by atoms with Crippen LogP contribution >= 0.6 is 15.9 Å². The van der Waals surface area contributed by atoms with E-state index < -0.39 is 21.2 Å². The Balaban J connectivity index is 2.53. The second kappa shape index (κ2) is 5.92. The molecule has 2 N–H and O–H groups in total. The third kappa shape index (κ3) is 3.09. The summed E-state index contributed by atoms with van der Waals surface area (Å²) in [4.78, 5) is 11.5. The molecule has 0 heterocycles. The first-order valence-corrected chi connectivity index (χ1v) is 8.41. The van der Waals surface area contributed by atoms with Crippen molar-refractivity contribution in [2.75, 3.05) is 0 Å². The van der Waals surface area contributed by atoms with E-state index in [1.54, 1.807) is 0 Å². The highest BCUT2D eigenvalue weighted by atomic mass is 127. The number of halogens is 2. The van der Waals surface area contributed by atoms with Gasteiger partial charge >= 0.3 is 21.2 Å². The van der Waals surface area contributed by atoms with Gasteiger partial charge in [0.1, 0.15) is 0 Å². The predicted molar refractivity (Wildman–Crippen MR) is 71.3 cm³/mol. The second-order valence-corrected chi connectivity index (χ2v) is 7.58. The van der Waals surface area contributed by atoms with Gasteiger partial charge in [0.15, 0.2) is 20.9 Å². The standard InChI is InChI=1S/C14H10BrIO3/c1-8(17)10-7-11(15)14(19)12(13(10)18)16-9-5-3-2-4-6-9/h2-7H,1H3,(H-,17,18,19)/p+1. The van der Waals surface area contributed by atoms with Crippen LogP contribution in [0.2, 0.25) is 0 Å². The Morgan fingerprint density at radius 3 is 2.37 bits per heavy atom. The SMILES string of the molecule is CC(=O)c1cc(Br)c(O)c([I+]c2ccccc2)c1O. The van der Waals surface area contributed by atoms with Gasteiger partial charge in [0.25, 0.3) is 3.57 Å². The molecule has 3 nitrogen and oxygen atoms in total. The Bertz CT molecular complexity index is 626. The van der Waals surface area contributed by atoms with E-state index in [9.17, 15) is 15.0 Å². The normalized spacial score (nSPS) is 10.4. The first kappa shape index (κ1) is 14.3. The van der Waals surface area contributed by atoms with E-state index >= 15 is 0 Å². The molecular formula is C14H11BrIO3+. The molecule has 0 saturated carbocycles. The van der Waals surface area contributed by atoms with Gasteiger partial charge in [-0.1, -0.05) is 18.2 Å². The Morgan fingerprint density at radius 2 is 1.79 bits per heavy atom. The molecule has 0 bridgehead atoms. The van der Waals surface area contributed by atoms with Gasteiger partial charge in [0, 0.05) is 0 Å². The van der Waals surface area contributed by atoms with Crippen LogP contribution in [-0.4, -0.2) is 16.0 Å². The molecule has 0 spiro atoms. The van der Waals surface area contributed by atoms with Gasteiger partial charge in [-0.15, -0.1) is 0 Å². The van der Waals surface area contributed by atoms with Crippen LogP contribution in [0.3, 0.4) is 0 Å². The average Bonchev–Trinajstić information content (AvgIpc) is 2.40. The van der Waals surface area contributed by atoms with Crippen molar-refractivity contribution >= 4 is 21.7 Å². The van der Waals surface area contributed by atoms with Crippen LogP contribution in [-0.2, 0) is 0 Å². The minimum absolute atomic E-state index is 0.0131. The number of carbonyl (C=O) groups excluding carboxylic acids is 1. The zero-order valence-corrected chi connectivity index (χ0v) is 13.8. The largest absolute Gasteiger partial charge is 0.503 e. The van der Waals surface area contributed by atoms with Crippen molar-refractivity contribution in [2.24, 2.45) is 0 Å². The van der Waals surface area contributed by atoms with Crippen molar-refractivity contribution in [3.8, 4) is 11.5 Å². The lowest BCUT2D eigenvalue weighted by molar-refractivity contribution is -0.599. The zero-order chi connectivity index (χ0) is 14.0. The Hall–Kier alpha value is -1.08. The number of phenols is 2. The number of ketones is 1. The second-order valence-electron chi connectivity index (χ2n) is 3.86. The lowest BCUT2D eigenvalue weighted by Gasteiger charge is -2.04. The third-order valence-corrected chi connectivity index (χ3v) is 5.99. The third-order valence-electron chi connectivity index (χ3n) is 2.48. The van der Waals surface area contributed by atoms with Crippen molar-refractivity contribution in [2.45, 2.75) is 6.92 Å². The van der Waals surface area contributed by atoms with Gasteiger partial charge in [0.05, 0.1) is 10.0 Å². The summed E-state index contributed by atoms with van der Waals surface area (Å²) in [6, 6.07) is 11.1. The quantitative estimate of drug-likeness (QED) is 0.536. The topological polar surface area (TPSA) is 57.5 Å². The summed E-state index contributed by atoms with van der Waals surface area (Å²) in [5.41, 5.74) is 0.232. The van der Waals surface area contributed by atoms with Crippen molar-refractivity contribution in [3.63, 3.8) is 0 Å². The smallest absolute Gasteiger partial charge is 0.366 e. The molecule has 0 aliphatic heterocycles. The maximum Gasteiger partial charge on any atom is 0.366 e. The summed E-state index contributed by atoms with van der Waals surface area (Å²) < 4.78 is 1.95. The Kier molecular flexibility index (Phi) is 4.46. The minimum atomic E-state index is -0.756. The molecule has 0 saturated heterocycles. The van der Waals surface area contributed by atoms with E-state index in [0.717, 1.165) is 3.57 Å². The molecule has 0 aliphatic carbocycles. The molecule has 0 amide bonds. The molecule has 19 heavy (non-hydrogen) atoms. The van der Waals surface area contributed by atoms with E-state index in [0.29, 0.717) is 8.04 Å². The number of hydrogen-bond acceptors (Lipinski definition) is 3. The molecule has 0 aromatic heterocycles. The molecule has 2 aromatic carbocycles. The van der Waals surface area contributed by atoms with Gasteiger partial charge in [-0.2, -0.15) is 0 Å². The van der Waals surface area contributed by atoms with Crippen molar-refractivity contribution in [1.82, 2.24) is 0 Å². The number of Topliss-reactive ketones (excluding diaryl/α,β-unsaturated/α-hetero) is 1. The number of rotatable bonds is 3. The van der Waals surface area contributed by atoms with Gasteiger partial charge < -0.3 is 10.2 Å². The molecule has 0 radical (unpaired) electrons. The number of phenolic OH excluding ortho intramolecular Hbond substituents is 2. The van der Waals surface area contributed by atoms with Crippen LogP contribution in [0, 0.1) is 7.14 Å². The number of hydrogen-bond donors (Lipinski definition) is 2. The molecule has 0 aliphatic rings. The van der Waals surface area contributed by atoms with E-state index in [4.69, 9.17) is 0 Å². The molecule has 98 valence electrons. The number of carbonyl (C=O) groups is 1. The van der Waals surface area contributed by atoms with E-state index in [1.165, 1.54) is 13.0 Å². The summed E-state index contributed by atoms with van der Waals surface area (Å²) >= 11 is 2.46. The highest BCUT2D eigenvalue weighted by molar-refractivity contribution is 9.10. The van der Waals surface area contributed by atoms with Crippen LogP contribution in [0.1, 0.15) is 17.3 Å². The molecule has 2 rings (SSSR count). The van der Waals surface area contributed by atoms with Crippen molar-refractivity contribution < 1.29 is 36.2 Å². The van der Waals surface area contributed by atoms with E-state index in [-0.39, 0.29) is 22.8 Å². The van der Waals surface area contributed by atoms with Crippen molar-refractivity contribution in [1.29, 1.82) is 0 Å². The fourth-order valence-corrected chi connectivity index (χ4v) is 4.83. The minimum Gasteiger partial charge on any atom is -0.503 e. The fourth-order valence-electron chi connectivity index (χ4n) is 1.54. The van der Waals surface area contributed by atoms with E-state index in [2.05, 4.69) is 15.9 Å². The summed E-state index contributed by atoms with van der Waals surface area (Å²) in [6.45, 7) is 1.39. The van der Waals surface area contributed by atoms with Crippen LogP contribution in [0.25, 0.3) is 0 Å². The summed E-state index contributed by atoms with van der Waals surface area (Å²) in [5, 5.41) is 20.2. The molecule has 0 fully saturated rings. The van der Waals surface area contributed by atoms with Gasteiger partial charge in [-0.05, 0) is 41.1 Å². The zero-order valence-electron chi connectivity index (χ0n) is 10.0. The van der Waals surface area contributed by atoms with Gasteiger partial charge in [-0.3, -0.25) is 4.79 Å².